The van der Waals surface area contributed by atoms with Crippen LogP contribution in [-0.2, 0) is 11.2 Å². The van der Waals surface area contributed by atoms with Gasteiger partial charge in [0.15, 0.2) is 5.82 Å². The molecule has 1 aromatic heterocycles. The van der Waals surface area contributed by atoms with Crippen molar-refractivity contribution in [1.29, 1.82) is 0 Å². The van der Waals surface area contributed by atoms with Crippen LogP contribution in [0.4, 0.5) is 13.2 Å². The highest BCUT2D eigenvalue weighted by atomic mass is 19.4. The van der Waals surface area contributed by atoms with Gasteiger partial charge in [-0.25, -0.2) is 0 Å². The molecule has 1 amide bonds. The molecule has 24 heavy (non-hydrogen) atoms. The molecule has 0 saturated heterocycles. The topological polar surface area (TPSA) is 71.3 Å². The lowest BCUT2D eigenvalue weighted by atomic mass is 9.95. The van der Waals surface area contributed by atoms with Crippen LogP contribution >= 0.6 is 0 Å². The van der Waals surface area contributed by atoms with Crippen LogP contribution in [0, 0.1) is 0 Å². The van der Waals surface area contributed by atoms with Crippen molar-refractivity contribution in [2.24, 2.45) is 0 Å². The molecular formula is C15H23F3N4O2. The number of carbonyl (C=O) groups excluding carboxylic acids is 1. The largest absolute Gasteiger partial charge is 0.401 e. The Labute approximate surface area is 138 Å². The van der Waals surface area contributed by atoms with Gasteiger partial charge in [-0.3, -0.25) is 9.69 Å². The van der Waals surface area contributed by atoms with E-state index in [1.807, 2.05) is 0 Å². The molecule has 1 N–H and O–H groups in total. The molecular weight excluding hydrogens is 325 g/mol. The maximum absolute atomic E-state index is 12.4. The van der Waals surface area contributed by atoms with Crippen molar-refractivity contribution in [2.45, 2.75) is 63.7 Å². The third kappa shape index (κ3) is 5.77. The summed E-state index contributed by atoms with van der Waals surface area (Å²) in [6.45, 7) is 0.471. The minimum absolute atomic E-state index is 0.0320. The van der Waals surface area contributed by atoms with Crippen LogP contribution in [0.25, 0.3) is 0 Å². The molecule has 1 aliphatic rings. The molecule has 1 unspecified atom stereocenters. The van der Waals surface area contributed by atoms with Gasteiger partial charge in [0.1, 0.15) is 0 Å². The van der Waals surface area contributed by atoms with Gasteiger partial charge in [0, 0.05) is 6.04 Å². The number of nitrogens with one attached hydrogen (secondary N) is 1. The average molecular weight is 348 g/mol. The zero-order valence-corrected chi connectivity index (χ0v) is 13.9. The third-order valence-electron chi connectivity index (χ3n) is 4.22. The quantitative estimate of drug-likeness (QED) is 0.856. The molecule has 1 heterocycles. The van der Waals surface area contributed by atoms with E-state index in [9.17, 15) is 18.0 Å². The van der Waals surface area contributed by atoms with E-state index in [2.05, 4.69) is 15.5 Å². The first-order valence-electron chi connectivity index (χ1n) is 8.13. The van der Waals surface area contributed by atoms with Gasteiger partial charge in [-0.1, -0.05) is 24.4 Å². The Hall–Kier alpha value is -1.64. The fraction of sp³-hybridized carbons (Fsp3) is 0.800. The molecule has 6 nitrogen and oxygen atoms in total. The van der Waals surface area contributed by atoms with Gasteiger partial charge >= 0.3 is 6.18 Å². The van der Waals surface area contributed by atoms with E-state index in [1.165, 1.54) is 13.5 Å². The maximum atomic E-state index is 12.4. The summed E-state index contributed by atoms with van der Waals surface area (Å²) in [5.74, 6) is 0.0679. The van der Waals surface area contributed by atoms with Crippen molar-refractivity contribution in [3.8, 4) is 0 Å². The summed E-state index contributed by atoms with van der Waals surface area (Å²) in [6.07, 6.45) is 1.04. The van der Waals surface area contributed by atoms with Crippen molar-refractivity contribution in [3.05, 3.63) is 11.7 Å². The summed E-state index contributed by atoms with van der Waals surface area (Å²) < 4.78 is 42.3. The summed E-state index contributed by atoms with van der Waals surface area (Å²) in [4.78, 5) is 17.1. The van der Waals surface area contributed by atoms with E-state index in [1.54, 1.807) is 6.92 Å². The number of halogens is 3. The van der Waals surface area contributed by atoms with Crippen molar-refractivity contribution in [1.82, 2.24) is 20.4 Å². The highest BCUT2D eigenvalue weighted by Crippen LogP contribution is 2.23. The van der Waals surface area contributed by atoms with Gasteiger partial charge < -0.3 is 9.84 Å². The second-order valence-corrected chi connectivity index (χ2v) is 6.33. The summed E-state index contributed by atoms with van der Waals surface area (Å²) in [5.41, 5.74) is 0. The van der Waals surface area contributed by atoms with Crippen molar-refractivity contribution in [2.75, 3.05) is 13.6 Å². The molecule has 9 heteroatoms. The molecule has 1 saturated carbocycles. The highest BCUT2D eigenvalue weighted by molar-refractivity contribution is 5.78. The van der Waals surface area contributed by atoms with Crippen molar-refractivity contribution < 1.29 is 22.5 Å². The Morgan fingerprint density at radius 2 is 2.04 bits per heavy atom. The zero-order chi connectivity index (χ0) is 17.7. The number of hydrogen-bond acceptors (Lipinski definition) is 5. The minimum Gasteiger partial charge on any atom is -0.353 e. The number of rotatable bonds is 6. The van der Waals surface area contributed by atoms with E-state index >= 15 is 0 Å². The monoisotopic (exact) mass is 348 g/mol. The third-order valence-corrected chi connectivity index (χ3v) is 4.22. The predicted octanol–water partition coefficient (Wildman–Crippen LogP) is 2.62. The second kappa shape index (κ2) is 7.96. The average Bonchev–Trinajstić information content (AvgIpc) is 2.94. The van der Waals surface area contributed by atoms with Crippen LogP contribution in [0.3, 0.4) is 0 Å². The van der Waals surface area contributed by atoms with E-state index < -0.39 is 18.8 Å². The smallest absolute Gasteiger partial charge is 0.353 e. The Morgan fingerprint density at radius 1 is 1.38 bits per heavy atom. The molecule has 0 radical (unpaired) electrons. The summed E-state index contributed by atoms with van der Waals surface area (Å²) in [7, 11) is 1.33. The van der Waals surface area contributed by atoms with Gasteiger partial charge in [-0.2, -0.15) is 18.2 Å². The first-order chi connectivity index (χ1) is 11.2. The first kappa shape index (κ1) is 18.7. The number of aromatic nitrogens is 2. The van der Waals surface area contributed by atoms with Gasteiger partial charge in [-0.05, 0) is 26.8 Å². The van der Waals surface area contributed by atoms with Crippen LogP contribution in [0.5, 0.6) is 0 Å². The molecule has 0 aromatic carbocycles. The van der Waals surface area contributed by atoms with Crippen LogP contribution in [0.1, 0.15) is 56.8 Å². The molecule has 0 spiro atoms. The van der Waals surface area contributed by atoms with Crippen molar-refractivity contribution in [3.63, 3.8) is 0 Å². The highest BCUT2D eigenvalue weighted by Gasteiger charge is 2.32. The van der Waals surface area contributed by atoms with Crippen LogP contribution in [-0.4, -0.2) is 46.8 Å². The maximum Gasteiger partial charge on any atom is 0.401 e. The summed E-state index contributed by atoms with van der Waals surface area (Å²) in [5, 5.41) is 6.63. The van der Waals surface area contributed by atoms with Crippen LogP contribution < -0.4 is 5.32 Å². The lowest BCUT2D eigenvalue weighted by molar-refractivity contribution is -0.147. The number of amides is 1. The lowest BCUT2D eigenvalue weighted by Gasteiger charge is -2.22. The summed E-state index contributed by atoms with van der Waals surface area (Å²) in [6, 6.07) is -0.497. The number of nitrogens with zero attached hydrogens (tertiary/aromatic N) is 3. The fourth-order valence-corrected chi connectivity index (χ4v) is 2.79. The molecule has 1 atom stereocenters. The molecule has 0 bridgehead atoms. The number of alkyl halides is 3. The lowest BCUT2D eigenvalue weighted by Crippen LogP contribution is -2.37. The van der Waals surface area contributed by atoms with Crippen LogP contribution in [0.15, 0.2) is 4.52 Å². The van der Waals surface area contributed by atoms with Gasteiger partial charge in [-0.15, -0.1) is 0 Å². The molecule has 2 rings (SSSR count). The normalized spacial score (nSPS) is 17.9. The van der Waals surface area contributed by atoms with Crippen molar-refractivity contribution >= 4 is 5.91 Å². The SMILES string of the molecule is CC(c1nc(CC(=O)NC2CCCCC2)no1)N(C)CC(F)(F)F. The van der Waals surface area contributed by atoms with E-state index in [-0.39, 0.29) is 30.1 Å². The van der Waals surface area contributed by atoms with Gasteiger partial charge in [0.05, 0.1) is 19.0 Å². The Bertz CT molecular complexity index is 541. The molecule has 0 aliphatic heterocycles. The Kier molecular flexibility index (Phi) is 6.20. The number of carbonyl (C=O) groups is 1. The van der Waals surface area contributed by atoms with Crippen LogP contribution in [0.2, 0.25) is 0 Å². The molecule has 136 valence electrons. The minimum atomic E-state index is -4.30. The first-order valence-corrected chi connectivity index (χ1v) is 8.13. The molecule has 1 aliphatic carbocycles. The standard InChI is InChI=1S/C15H23F3N4O2/c1-10(22(2)9-15(16,17)18)14-20-12(21-24-14)8-13(23)19-11-6-4-3-5-7-11/h10-11H,3-9H2,1-2H3,(H,19,23). The molecule has 1 aromatic rings. The Morgan fingerprint density at radius 3 is 2.67 bits per heavy atom. The number of hydrogen-bond donors (Lipinski definition) is 1. The second-order valence-electron chi connectivity index (χ2n) is 6.33. The van der Waals surface area contributed by atoms with Gasteiger partial charge in [0.25, 0.3) is 0 Å². The zero-order valence-electron chi connectivity index (χ0n) is 13.9. The van der Waals surface area contributed by atoms with E-state index in [0.717, 1.165) is 30.6 Å². The van der Waals surface area contributed by atoms with Gasteiger partial charge in [0.2, 0.25) is 11.8 Å². The van der Waals surface area contributed by atoms with E-state index in [4.69, 9.17) is 4.52 Å². The summed E-state index contributed by atoms with van der Waals surface area (Å²) >= 11 is 0. The predicted molar refractivity (Wildman–Crippen MR) is 80.1 cm³/mol. The van der Waals surface area contributed by atoms with E-state index in [0.29, 0.717) is 0 Å². The molecule has 1 fully saturated rings. The fourth-order valence-electron chi connectivity index (χ4n) is 2.79. The Balaban J connectivity index is 1.86.